The number of rotatable bonds is 9. The number of benzene rings is 2. The molecule has 1 heterocycles. The molecule has 0 aliphatic heterocycles. The van der Waals surface area contributed by atoms with Crippen LogP contribution in [0.4, 0.5) is 0 Å². The number of ether oxygens (including phenoxy) is 1. The van der Waals surface area contributed by atoms with Gasteiger partial charge in [0.2, 0.25) is 5.91 Å². The summed E-state index contributed by atoms with van der Waals surface area (Å²) in [6, 6.07) is 20.1. The second-order valence-corrected chi connectivity index (χ2v) is 8.82. The number of nitrogens with zero attached hydrogens (tertiary/aromatic N) is 1. The number of amides is 1. The summed E-state index contributed by atoms with van der Waals surface area (Å²) < 4.78 is 6.02. The lowest BCUT2D eigenvalue weighted by atomic mass is 10.0. The van der Waals surface area contributed by atoms with Crippen LogP contribution < -0.4 is 5.32 Å². The van der Waals surface area contributed by atoms with E-state index in [1.165, 1.54) is 34.8 Å². The van der Waals surface area contributed by atoms with Gasteiger partial charge in [-0.2, -0.15) is 0 Å². The van der Waals surface area contributed by atoms with E-state index in [0.29, 0.717) is 6.54 Å². The molecule has 1 aromatic heterocycles. The minimum Gasteiger partial charge on any atom is -0.359 e. The van der Waals surface area contributed by atoms with Gasteiger partial charge < -0.3 is 10.1 Å². The zero-order valence-corrected chi connectivity index (χ0v) is 18.0. The standard InChI is InChI=1S/C25H28N2O2S/c28-23(26-17-9-16-24-27-21-14-7-8-15-22(21)30-24)18-29-25(19-10-3-1-4-11-19)20-12-5-2-6-13-20/h1-6,10-13,25H,7-9,14-18H2,(H,26,28). The third-order valence-electron chi connectivity index (χ3n) is 5.37. The van der Waals surface area contributed by atoms with Crippen molar-refractivity contribution in [3.05, 3.63) is 87.4 Å². The van der Waals surface area contributed by atoms with Gasteiger partial charge in [-0.25, -0.2) is 4.98 Å². The molecule has 0 saturated carbocycles. The van der Waals surface area contributed by atoms with E-state index >= 15 is 0 Å². The van der Waals surface area contributed by atoms with E-state index in [9.17, 15) is 4.79 Å². The quantitative estimate of drug-likeness (QED) is 0.502. The van der Waals surface area contributed by atoms with Gasteiger partial charge in [0.05, 0.1) is 10.7 Å². The number of hydrogen-bond donors (Lipinski definition) is 1. The van der Waals surface area contributed by atoms with Crippen LogP contribution in [-0.2, 0) is 28.8 Å². The van der Waals surface area contributed by atoms with Crippen LogP contribution >= 0.6 is 11.3 Å². The summed E-state index contributed by atoms with van der Waals surface area (Å²) in [6.45, 7) is 0.688. The number of carbonyl (C=O) groups is 1. The fraction of sp³-hybridized carbons (Fsp3) is 0.360. The molecular weight excluding hydrogens is 392 g/mol. The average molecular weight is 421 g/mol. The number of fused-ring (bicyclic) bond motifs is 1. The number of thiazole rings is 1. The molecule has 5 heteroatoms. The molecule has 1 N–H and O–H groups in total. The molecule has 4 rings (SSSR count). The number of aryl methyl sites for hydroxylation is 3. The van der Waals surface area contributed by atoms with Crippen molar-refractivity contribution in [2.75, 3.05) is 13.2 Å². The highest BCUT2D eigenvalue weighted by atomic mass is 32.1. The van der Waals surface area contributed by atoms with E-state index in [2.05, 4.69) is 5.32 Å². The van der Waals surface area contributed by atoms with Crippen molar-refractivity contribution in [3.8, 4) is 0 Å². The zero-order valence-electron chi connectivity index (χ0n) is 17.2. The lowest BCUT2D eigenvalue weighted by molar-refractivity contribution is -0.127. The summed E-state index contributed by atoms with van der Waals surface area (Å²) in [5.41, 5.74) is 3.40. The van der Waals surface area contributed by atoms with Crippen LogP contribution in [0.1, 0.15) is 52.1 Å². The molecule has 0 saturated heterocycles. The summed E-state index contributed by atoms with van der Waals surface area (Å²) in [5.74, 6) is -0.0784. The van der Waals surface area contributed by atoms with Crippen LogP contribution in [0, 0.1) is 0 Å². The molecule has 0 unspecified atom stereocenters. The van der Waals surface area contributed by atoms with E-state index in [1.54, 1.807) is 0 Å². The van der Waals surface area contributed by atoms with Gasteiger partial charge in [0.1, 0.15) is 12.7 Å². The van der Waals surface area contributed by atoms with E-state index in [1.807, 2.05) is 72.0 Å². The van der Waals surface area contributed by atoms with Crippen molar-refractivity contribution in [2.45, 2.75) is 44.6 Å². The average Bonchev–Trinajstić information content (AvgIpc) is 3.21. The van der Waals surface area contributed by atoms with E-state index in [0.717, 1.165) is 30.4 Å². The van der Waals surface area contributed by atoms with Crippen LogP contribution in [-0.4, -0.2) is 24.0 Å². The smallest absolute Gasteiger partial charge is 0.246 e. The zero-order chi connectivity index (χ0) is 20.6. The van der Waals surface area contributed by atoms with Gasteiger partial charge in [-0.3, -0.25) is 4.79 Å². The Kier molecular flexibility index (Phi) is 7.27. The Labute approximate surface area is 182 Å². The maximum atomic E-state index is 12.3. The van der Waals surface area contributed by atoms with Gasteiger partial charge in [0.25, 0.3) is 0 Å². The van der Waals surface area contributed by atoms with Gasteiger partial charge in [-0.1, -0.05) is 60.7 Å². The molecule has 2 aromatic carbocycles. The minimum absolute atomic E-state index is 0.0417. The predicted octanol–water partition coefficient (Wildman–Crippen LogP) is 4.88. The summed E-state index contributed by atoms with van der Waals surface area (Å²) >= 11 is 1.86. The van der Waals surface area contributed by atoms with Gasteiger partial charge in [0.15, 0.2) is 0 Å². The highest BCUT2D eigenvalue weighted by molar-refractivity contribution is 7.11. The minimum atomic E-state index is -0.250. The molecule has 0 spiro atoms. The molecule has 1 aliphatic carbocycles. The Hall–Kier alpha value is -2.50. The van der Waals surface area contributed by atoms with Crippen LogP contribution in [0.2, 0.25) is 0 Å². The molecule has 30 heavy (non-hydrogen) atoms. The highest BCUT2D eigenvalue weighted by Crippen LogP contribution is 2.27. The third-order valence-corrected chi connectivity index (χ3v) is 6.58. The first-order valence-electron chi connectivity index (χ1n) is 10.8. The SMILES string of the molecule is O=C(COC(c1ccccc1)c1ccccc1)NCCCc1nc2c(s1)CCCC2. The Morgan fingerprint density at radius 3 is 2.33 bits per heavy atom. The topological polar surface area (TPSA) is 51.2 Å². The summed E-state index contributed by atoms with van der Waals surface area (Å²) in [6.07, 6.45) is 6.44. The number of hydrogen-bond acceptors (Lipinski definition) is 4. The molecule has 0 fully saturated rings. The van der Waals surface area contributed by atoms with Crippen molar-refractivity contribution in [2.24, 2.45) is 0 Å². The van der Waals surface area contributed by atoms with Gasteiger partial charge in [-0.05, 0) is 43.2 Å². The molecule has 4 nitrogen and oxygen atoms in total. The number of carbonyl (C=O) groups excluding carboxylic acids is 1. The van der Waals surface area contributed by atoms with Crippen molar-refractivity contribution in [1.82, 2.24) is 10.3 Å². The Bertz CT molecular complexity index is 877. The molecule has 0 bridgehead atoms. The van der Waals surface area contributed by atoms with Gasteiger partial charge in [-0.15, -0.1) is 11.3 Å². The van der Waals surface area contributed by atoms with Crippen molar-refractivity contribution < 1.29 is 9.53 Å². The summed E-state index contributed by atoms with van der Waals surface area (Å²) in [7, 11) is 0. The second kappa shape index (κ2) is 10.5. The Morgan fingerprint density at radius 1 is 1.00 bits per heavy atom. The molecule has 1 amide bonds. The van der Waals surface area contributed by atoms with E-state index in [4.69, 9.17) is 9.72 Å². The fourth-order valence-corrected chi connectivity index (χ4v) is 5.03. The molecule has 3 aromatic rings. The van der Waals surface area contributed by atoms with Crippen LogP contribution in [0.3, 0.4) is 0 Å². The van der Waals surface area contributed by atoms with Crippen molar-refractivity contribution in [3.63, 3.8) is 0 Å². The number of nitrogens with one attached hydrogen (secondary N) is 1. The lowest BCUT2D eigenvalue weighted by Crippen LogP contribution is -2.29. The van der Waals surface area contributed by atoms with Crippen LogP contribution in [0.15, 0.2) is 60.7 Å². The van der Waals surface area contributed by atoms with Gasteiger partial charge >= 0.3 is 0 Å². The highest BCUT2D eigenvalue weighted by Gasteiger charge is 2.17. The molecule has 0 radical (unpaired) electrons. The maximum Gasteiger partial charge on any atom is 0.246 e. The van der Waals surface area contributed by atoms with E-state index in [-0.39, 0.29) is 18.6 Å². The molecule has 1 aliphatic rings. The lowest BCUT2D eigenvalue weighted by Gasteiger charge is -2.18. The second-order valence-electron chi connectivity index (χ2n) is 7.65. The van der Waals surface area contributed by atoms with Crippen molar-refractivity contribution >= 4 is 17.2 Å². The van der Waals surface area contributed by atoms with Gasteiger partial charge in [0, 0.05) is 17.8 Å². The molecular formula is C25H28N2O2S. The van der Waals surface area contributed by atoms with Crippen molar-refractivity contribution in [1.29, 1.82) is 0 Å². The maximum absolute atomic E-state index is 12.3. The van der Waals surface area contributed by atoms with E-state index < -0.39 is 0 Å². The first-order chi connectivity index (χ1) is 14.8. The summed E-state index contributed by atoms with van der Waals surface area (Å²) in [5, 5.41) is 4.19. The van der Waals surface area contributed by atoms with Crippen LogP contribution in [0.25, 0.3) is 0 Å². The first-order valence-corrected chi connectivity index (χ1v) is 11.6. The summed E-state index contributed by atoms with van der Waals surface area (Å²) in [4.78, 5) is 18.6. The molecule has 156 valence electrons. The normalized spacial score (nSPS) is 13.2. The first kappa shape index (κ1) is 20.8. The predicted molar refractivity (Wildman–Crippen MR) is 121 cm³/mol. The monoisotopic (exact) mass is 420 g/mol. The van der Waals surface area contributed by atoms with Crippen LogP contribution in [0.5, 0.6) is 0 Å². The number of aromatic nitrogens is 1. The Balaban J connectivity index is 1.24. The largest absolute Gasteiger partial charge is 0.359 e. The molecule has 0 atom stereocenters. The fourth-order valence-electron chi connectivity index (χ4n) is 3.83. The Morgan fingerprint density at radius 2 is 1.67 bits per heavy atom. The third kappa shape index (κ3) is 5.55.